The van der Waals surface area contributed by atoms with Crippen LogP contribution in [0.3, 0.4) is 0 Å². The van der Waals surface area contributed by atoms with Crippen LogP contribution in [0, 0.1) is 0 Å². The van der Waals surface area contributed by atoms with Crippen molar-refractivity contribution in [3.05, 3.63) is 229 Å². The zero-order valence-electron chi connectivity index (χ0n) is 48.0. The van der Waals surface area contributed by atoms with Crippen molar-refractivity contribution < 1.29 is 0 Å². The summed E-state index contributed by atoms with van der Waals surface area (Å²) >= 11 is 0. The van der Waals surface area contributed by atoms with E-state index in [2.05, 4.69) is 316 Å². The van der Waals surface area contributed by atoms with E-state index < -0.39 is 0 Å². The Bertz CT molecular complexity index is 3820. The first-order chi connectivity index (χ1) is 37.2. The highest BCUT2D eigenvalue weighted by molar-refractivity contribution is 7.00. The lowest BCUT2D eigenvalue weighted by Gasteiger charge is -2.44. The van der Waals surface area contributed by atoms with Crippen molar-refractivity contribution in [2.45, 2.75) is 105 Å². The molecule has 78 heavy (non-hydrogen) atoms. The molecule has 0 radical (unpaired) electrons. The molecular formula is C73H73BN4. The summed E-state index contributed by atoms with van der Waals surface area (Å²) in [6.45, 7) is 27.4. The third kappa shape index (κ3) is 8.63. The van der Waals surface area contributed by atoms with Gasteiger partial charge in [-0.1, -0.05) is 217 Å². The minimum Gasteiger partial charge on any atom is -0.353 e. The fourth-order valence-electron chi connectivity index (χ4n) is 12.3. The summed E-state index contributed by atoms with van der Waals surface area (Å²) in [5.41, 5.74) is 25.6. The lowest BCUT2D eigenvalue weighted by Crippen LogP contribution is -2.62. The molecule has 0 aliphatic carbocycles. The van der Waals surface area contributed by atoms with E-state index >= 15 is 0 Å². The summed E-state index contributed by atoms with van der Waals surface area (Å²) in [6, 6.07) is 78.2. The first-order valence-corrected chi connectivity index (χ1v) is 28.0. The topological polar surface area (TPSA) is 14.7 Å². The maximum absolute atomic E-state index is 2.58. The highest BCUT2D eigenvalue weighted by Crippen LogP contribution is 2.50. The third-order valence-electron chi connectivity index (χ3n) is 16.7. The zero-order valence-corrected chi connectivity index (χ0v) is 48.0. The van der Waals surface area contributed by atoms with Gasteiger partial charge in [0.05, 0.1) is 11.2 Å². The van der Waals surface area contributed by atoms with Crippen LogP contribution in [0.4, 0.5) is 51.2 Å². The maximum Gasteiger partial charge on any atom is 0.272 e. The molecular weight excluding hydrogens is 944 g/mol. The standard InChI is InChI=1S/C73H73BN4/c1-70(2,3)49-29-37-53(38-30-49)76(54-39-31-50(32-40-54)71(4,5)6)57-45-46-62-65(47-57)77(55-41-33-51(34-42-55)72(7,8)9)63-27-20-28-64-66(63)74(62)69-68(78(64)56-43-35-52(36-44-56)73(10,11)12)61-26-19-25-60(67(61)75(69)13)59-24-18-17-23-58(59)48-21-15-14-16-22-48/h14-47H,1-13H3. The molecule has 1 aromatic heterocycles. The van der Waals surface area contributed by atoms with Gasteiger partial charge in [0.1, 0.15) is 0 Å². The fourth-order valence-corrected chi connectivity index (χ4v) is 12.3. The monoisotopic (exact) mass is 1020 g/mol. The lowest BCUT2D eigenvalue weighted by molar-refractivity contribution is 0.590. The Balaban J connectivity index is 1.15. The second-order valence-electron chi connectivity index (χ2n) is 26.0. The zero-order chi connectivity index (χ0) is 54.6. The maximum atomic E-state index is 2.58. The van der Waals surface area contributed by atoms with Gasteiger partial charge in [0.15, 0.2) is 0 Å². The summed E-state index contributed by atoms with van der Waals surface area (Å²) in [4.78, 5) is 7.59. The molecule has 10 aromatic rings. The molecule has 0 bridgehead atoms. The number of aromatic nitrogens is 1. The highest BCUT2D eigenvalue weighted by atomic mass is 15.2. The molecule has 0 amide bonds. The summed E-state index contributed by atoms with van der Waals surface area (Å²) in [5.74, 6) is 0. The van der Waals surface area contributed by atoms with E-state index in [1.54, 1.807) is 0 Å². The van der Waals surface area contributed by atoms with Gasteiger partial charge in [-0.2, -0.15) is 0 Å². The van der Waals surface area contributed by atoms with Crippen LogP contribution in [-0.2, 0) is 28.7 Å². The molecule has 2 aliphatic heterocycles. The first kappa shape index (κ1) is 50.8. The Morgan fingerprint density at radius 2 is 0.808 bits per heavy atom. The Morgan fingerprint density at radius 1 is 0.372 bits per heavy atom. The molecule has 12 rings (SSSR count). The van der Waals surface area contributed by atoms with E-state index in [1.807, 2.05) is 0 Å². The van der Waals surface area contributed by atoms with E-state index in [0.717, 1.165) is 28.4 Å². The normalized spacial score (nSPS) is 13.4. The van der Waals surface area contributed by atoms with Crippen LogP contribution in [0.25, 0.3) is 33.2 Å². The van der Waals surface area contributed by atoms with E-state index in [0.29, 0.717) is 0 Å². The quantitative estimate of drug-likeness (QED) is 0.148. The SMILES string of the molecule is Cn1c2c(c3cccc(-c4ccccc4-c4ccccc4)c31)N(c1ccc(C(C)(C)C)cc1)c1cccc3c1B2c1ccc(N(c2ccc(C(C)(C)C)cc2)c2ccc(C(C)(C)C)cc2)cc1N3c1ccc(C(C)(C)C)cc1. The molecule has 0 atom stereocenters. The van der Waals surface area contributed by atoms with Gasteiger partial charge >= 0.3 is 0 Å². The Morgan fingerprint density at radius 3 is 1.33 bits per heavy atom. The van der Waals surface area contributed by atoms with Crippen LogP contribution in [-0.4, -0.2) is 11.3 Å². The van der Waals surface area contributed by atoms with Crippen LogP contribution in [0.15, 0.2) is 206 Å². The Hall–Kier alpha value is -8.02. The van der Waals surface area contributed by atoms with Crippen LogP contribution >= 0.6 is 0 Å². The molecule has 4 nitrogen and oxygen atoms in total. The van der Waals surface area contributed by atoms with Gasteiger partial charge in [-0.05, 0) is 144 Å². The molecule has 0 fully saturated rings. The van der Waals surface area contributed by atoms with Crippen molar-refractivity contribution >= 4 is 85.3 Å². The van der Waals surface area contributed by atoms with Crippen molar-refractivity contribution in [1.82, 2.24) is 4.57 Å². The molecule has 5 heteroatoms. The average molecular weight is 1020 g/mol. The summed E-state index contributed by atoms with van der Waals surface area (Å²) in [7, 11) is 2.32. The van der Waals surface area contributed by atoms with Gasteiger partial charge < -0.3 is 19.3 Å². The number of hydrogen-bond acceptors (Lipinski definition) is 3. The van der Waals surface area contributed by atoms with Crippen molar-refractivity contribution in [2.24, 2.45) is 7.05 Å². The van der Waals surface area contributed by atoms with Crippen LogP contribution in [0.2, 0.25) is 0 Å². The van der Waals surface area contributed by atoms with E-state index in [1.165, 1.54) is 94.7 Å². The number of fused-ring (bicyclic) bond motifs is 6. The number of nitrogens with zero attached hydrogens (tertiary/aromatic N) is 4. The number of anilines is 9. The minimum absolute atomic E-state index is 0.00251. The molecule has 3 heterocycles. The molecule has 0 saturated carbocycles. The number of hydrogen-bond donors (Lipinski definition) is 0. The average Bonchev–Trinajstić information content (AvgIpc) is 3.44. The summed E-state index contributed by atoms with van der Waals surface area (Å²) in [6.07, 6.45) is 0. The molecule has 2 aliphatic rings. The molecule has 0 unspecified atom stereocenters. The van der Waals surface area contributed by atoms with Crippen molar-refractivity contribution in [3.8, 4) is 22.3 Å². The summed E-state index contributed by atoms with van der Waals surface area (Å²) < 4.78 is 2.55. The van der Waals surface area contributed by atoms with Gasteiger partial charge in [-0.3, -0.25) is 0 Å². The van der Waals surface area contributed by atoms with Crippen LogP contribution in [0.1, 0.15) is 105 Å². The molecule has 388 valence electrons. The largest absolute Gasteiger partial charge is 0.353 e. The van der Waals surface area contributed by atoms with Gasteiger partial charge in [-0.15, -0.1) is 0 Å². The van der Waals surface area contributed by atoms with Crippen molar-refractivity contribution in [1.29, 1.82) is 0 Å². The van der Waals surface area contributed by atoms with Gasteiger partial charge in [0, 0.05) is 69.1 Å². The van der Waals surface area contributed by atoms with Gasteiger partial charge in [-0.25, -0.2) is 0 Å². The van der Waals surface area contributed by atoms with Gasteiger partial charge in [0.2, 0.25) is 0 Å². The highest BCUT2D eigenvalue weighted by Gasteiger charge is 2.46. The Kier molecular flexibility index (Phi) is 12.1. The molecule has 9 aromatic carbocycles. The van der Waals surface area contributed by atoms with E-state index in [-0.39, 0.29) is 28.4 Å². The van der Waals surface area contributed by atoms with Crippen molar-refractivity contribution in [2.75, 3.05) is 14.7 Å². The molecule has 0 N–H and O–H groups in total. The lowest BCUT2D eigenvalue weighted by atomic mass is 9.35. The number of benzene rings is 9. The molecule has 0 saturated heterocycles. The third-order valence-corrected chi connectivity index (χ3v) is 16.7. The molecule has 0 spiro atoms. The fraction of sp³-hybridized carbons (Fsp3) is 0.233. The number of aryl methyl sites for hydroxylation is 1. The van der Waals surface area contributed by atoms with E-state index in [9.17, 15) is 0 Å². The predicted molar refractivity (Wildman–Crippen MR) is 337 cm³/mol. The van der Waals surface area contributed by atoms with Crippen LogP contribution < -0.4 is 31.2 Å². The smallest absolute Gasteiger partial charge is 0.272 e. The first-order valence-electron chi connectivity index (χ1n) is 28.0. The Labute approximate surface area is 464 Å². The number of rotatable bonds is 7. The predicted octanol–water partition coefficient (Wildman–Crippen LogP) is 18.3. The van der Waals surface area contributed by atoms with Crippen molar-refractivity contribution in [3.63, 3.8) is 0 Å². The minimum atomic E-state index is -0.106. The van der Waals surface area contributed by atoms with Gasteiger partial charge in [0.25, 0.3) is 6.71 Å². The number of para-hydroxylation sites is 1. The second kappa shape index (κ2) is 18.6. The van der Waals surface area contributed by atoms with E-state index in [4.69, 9.17) is 0 Å². The summed E-state index contributed by atoms with van der Waals surface area (Å²) in [5, 5.41) is 1.23. The second-order valence-corrected chi connectivity index (χ2v) is 26.0. The van der Waals surface area contributed by atoms with Crippen LogP contribution in [0.5, 0.6) is 0 Å².